The lowest BCUT2D eigenvalue weighted by molar-refractivity contribution is -0.128. The first-order valence-electron chi connectivity index (χ1n) is 8.35. The van der Waals surface area contributed by atoms with Gasteiger partial charge >= 0.3 is 6.03 Å². The van der Waals surface area contributed by atoms with Crippen LogP contribution in [0.25, 0.3) is 10.9 Å². The second-order valence-corrected chi connectivity index (χ2v) is 6.69. The number of nitrogens with one attached hydrogen (secondary N) is 1. The van der Waals surface area contributed by atoms with Crippen molar-refractivity contribution in [3.8, 4) is 0 Å². The fourth-order valence-corrected chi connectivity index (χ4v) is 3.27. The molecule has 0 saturated carbocycles. The molecule has 1 heterocycles. The summed E-state index contributed by atoms with van der Waals surface area (Å²) < 4.78 is 0. The number of hydrogen-bond acceptors (Lipinski definition) is 2. The highest BCUT2D eigenvalue weighted by atomic mass is 35.5. The van der Waals surface area contributed by atoms with Gasteiger partial charge in [-0.25, -0.2) is 4.79 Å². The number of H-pyrrole nitrogens is 1. The Morgan fingerprint density at radius 3 is 2.69 bits per heavy atom. The van der Waals surface area contributed by atoms with Crippen LogP contribution < -0.4 is 5.73 Å². The third-order valence-electron chi connectivity index (χ3n) is 4.35. The van der Waals surface area contributed by atoms with Crippen LogP contribution in [0.3, 0.4) is 0 Å². The fraction of sp³-hybridized carbons (Fsp3) is 0.200. The molecule has 0 aliphatic heterocycles. The van der Waals surface area contributed by atoms with Gasteiger partial charge in [-0.15, -0.1) is 0 Å². The van der Waals surface area contributed by atoms with Crippen LogP contribution >= 0.6 is 11.6 Å². The first-order chi connectivity index (χ1) is 12.5. The number of aryl methyl sites for hydroxylation is 2. The third kappa shape index (κ3) is 3.89. The van der Waals surface area contributed by atoms with E-state index in [1.165, 1.54) is 0 Å². The zero-order valence-electron chi connectivity index (χ0n) is 14.5. The number of benzene rings is 2. The Labute approximate surface area is 156 Å². The van der Waals surface area contributed by atoms with Crippen LogP contribution in [0.4, 0.5) is 4.79 Å². The van der Waals surface area contributed by atoms with Gasteiger partial charge in [0.25, 0.3) is 0 Å². The van der Waals surface area contributed by atoms with Crippen LogP contribution in [0.15, 0.2) is 48.7 Å². The van der Waals surface area contributed by atoms with Crippen LogP contribution in [-0.2, 0) is 17.8 Å². The van der Waals surface area contributed by atoms with Gasteiger partial charge < -0.3 is 10.7 Å². The zero-order valence-corrected chi connectivity index (χ0v) is 15.2. The zero-order chi connectivity index (χ0) is 18.7. The largest absolute Gasteiger partial charge is 0.360 e. The molecule has 5 nitrogen and oxygen atoms in total. The Hall–Kier alpha value is -2.79. The monoisotopic (exact) mass is 369 g/mol. The quantitative estimate of drug-likeness (QED) is 0.707. The summed E-state index contributed by atoms with van der Waals surface area (Å²) >= 11 is 6.16. The van der Waals surface area contributed by atoms with Crippen molar-refractivity contribution in [1.29, 1.82) is 0 Å². The Bertz CT molecular complexity index is 965. The van der Waals surface area contributed by atoms with Gasteiger partial charge in [0.15, 0.2) is 0 Å². The van der Waals surface area contributed by atoms with E-state index in [1.54, 1.807) is 0 Å². The summed E-state index contributed by atoms with van der Waals surface area (Å²) in [6.07, 6.45) is 2.53. The number of urea groups is 1. The van der Waals surface area contributed by atoms with Gasteiger partial charge in [0, 0.05) is 18.0 Å². The summed E-state index contributed by atoms with van der Waals surface area (Å²) in [5.41, 5.74) is 9.19. The summed E-state index contributed by atoms with van der Waals surface area (Å²) in [6.45, 7) is 2.14. The second kappa shape index (κ2) is 7.62. The number of primary amides is 1. The van der Waals surface area contributed by atoms with Crippen molar-refractivity contribution in [2.24, 2.45) is 5.73 Å². The highest BCUT2D eigenvalue weighted by Gasteiger charge is 2.19. The number of aromatic amines is 1. The van der Waals surface area contributed by atoms with Crippen molar-refractivity contribution in [2.45, 2.75) is 26.3 Å². The van der Waals surface area contributed by atoms with Gasteiger partial charge in [-0.3, -0.25) is 9.69 Å². The Kier molecular flexibility index (Phi) is 5.28. The first-order valence-corrected chi connectivity index (χ1v) is 8.73. The maximum absolute atomic E-state index is 12.6. The molecule has 0 aliphatic rings. The van der Waals surface area contributed by atoms with Crippen molar-refractivity contribution in [3.63, 3.8) is 0 Å². The molecule has 26 heavy (non-hydrogen) atoms. The number of carbonyl (C=O) groups excluding carboxylic acids is 2. The van der Waals surface area contributed by atoms with Crippen molar-refractivity contribution in [2.75, 3.05) is 0 Å². The molecule has 0 atom stereocenters. The molecule has 6 heteroatoms. The van der Waals surface area contributed by atoms with E-state index in [4.69, 9.17) is 17.3 Å². The molecular weight excluding hydrogens is 350 g/mol. The summed E-state index contributed by atoms with van der Waals surface area (Å²) in [5, 5.41) is 1.62. The Balaban J connectivity index is 1.72. The first kappa shape index (κ1) is 18.0. The van der Waals surface area contributed by atoms with Crippen molar-refractivity contribution in [1.82, 2.24) is 9.88 Å². The number of nitrogens with zero attached hydrogens (tertiary/aromatic N) is 1. The summed E-state index contributed by atoms with van der Waals surface area (Å²) in [4.78, 5) is 28.5. The standard InChI is InChI=1S/C20H20ClN3O2/c1-13-4-2-5-14(10-13)12-24(20(22)26)18(25)9-8-15-11-23-19-16(15)6-3-7-17(19)21/h2-7,10-11,23H,8-9,12H2,1H3,(H2,22,26). The number of halogens is 1. The van der Waals surface area contributed by atoms with E-state index in [0.29, 0.717) is 11.4 Å². The van der Waals surface area contributed by atoms with E-state index in [2.05, 4.69) is 4.98 Å². The smallest absolute Gasteiger partial charge is 0.321 e. The number of para-hydroxylation sites is 1. The van der Waals surface area contributed by atoms with E-state index < -0.39 is 6.03 Å². The molecule has 3 amide bonds. The number of imide groups is 1. The lowest BCUT2D eigenvalue weighted by atomic mass is 10.1. The van der Waals surface area contributed by atoms with Gasteiger partial charge in [-0.2, -0.15) is 0 Å². The number of carbonyl (C=O) groups is 2. The maximum Gasteiger partial charge on any atom is 0.321 e. The van der Waals surface area contributed by atoms with Crippen LogP contribution in [0.5, 0.6) is 0 Å². The van der Waals surface area contributed by atoms with Crippen LogP contribution in [0, 0.1) is 6.92 Å². The van der Waals surface area contributed by atoms with Crippen molar-refractivity contribution < 1.29 is 9.59 Å². The lowest BCUT2D eigenvalue weighted by Crippen LogP contribution is -2.40. The molecular formula is C20H20ClN3O2. The Morgan fingerprint density at radius 1 is 1.19 bits per heavy atom. The van der Waals surface area contributed by atoms with E-state index >= 15 is 0 Å². The second-order valence-electron chi connectivity index (χ2n) is 6.28. The molecule has 0 saturated heterocycles. The number of rotatable bonds is 5. The SMILES string of the molecule is Cc1cccc(CN(C(N)=O)C(=O)CCc2c[nH]c3c(Cl)cccc23)c1. The summed E-state index contributed by atoms with van der Waals surface area (Å²) in [6, 6.07) is 12.6. The molecule has 2 aromatic carbocycles. The number of nitrogens with two attached hydrogens (primary N) is 1. The van der Waals surface area contributed by atoms with Crippen molar-refractivity contribution in [3.05, 3.63) is 70.4 Å². The van der Waals surface area contributed by atoms with E-state index in [0.717, 1.165) is 32.5 Å². The van der Waals surface area contributed by atoms with Gasteiger partial charge in [0.05, 0.1) is 17.1 Å². The predicted octanol–water partition coefficient (Wildman–Crippen LogP) is 4.17. The molecule has 1 aromatic heterocycles. The molecule has 0 bridgehead atoms. The average molecular weight is 370 g/mol. The maximum atomic E-state index is 12.6. The Morgan fingerprint density at radius 2 is 1.96 bits per heavy atom. The average Bonchev–Trinajstić information content (AvgIpc) is 3.02. The van der Waals surface area contributed by atoms with Crippen LogP contribution in [0.1, 0.15) is 23.1 Å². The molecule has 0 fully saturated rings. The van der Waals surface area contributed by atoms with Crippen molar-refractivity contribution >= 4 is 34.4 Å². The number of fused-ring (bicyclic) bond motifs is 1. The van der Waals surface area contributed by atoms with Gasteiger partial charge in [-0.05, 0) is 30.5 Å². The third-order valence-corrected chi connectivity index (χ3v) is 4.66. The normalized spacial score (nSPS) is 10.8. The highest BCUT2D eigenvalue weighted by molar-refractivity contribution is 6.35. The topological polar surface area (TPSA) is 79.2 Å². The molecule has 3 aromatic rings. The summed E-state index contributed by atoms with van der Waals surface area (Å²) in [7, 11) is 0. The van der Waals surface area contributed by atoms with E-state index in [-0.39, 0.29) is 18.9 Å². The minimum atomic E-state index is -0.738. The lowest BCUT2D eigenvalue weighted by Gasteiger charge is -2.19. The number of amides is 3. The van der Waals surface area contributed by atoms with Gasteiger partial charge in [0.1, 0.15) is 0 Å². The van der Waals surface area contributed by atoms with Crippen LogP contribution in [-0.4, -0.2) is 21.8 Å². The molecule has 0 radical (unpaired) electrons. The minimum absolute atomic E-state index is 0.176. The number of hydrogen-bond donors (Lipinski definition) is 2. The highest BCUT2D eigenvalue weighted by Crippen LogP contribution is 2.26. The summed E-state index contributed by atoms with van der Waals surface area (Å²) in [5.74, 6) is -0.296. The van der Waals surface area contributed by atoms with Gasteiger partial charge in [-0.1, -0.05) is 53.6 Å². The molecule has 0 unspecified atom stereocenters. The molecule has 134 valence electrons. The minimum Gasteiger partial charge on any atom is -0.360 e. The molecule has 0 aliphatic carbocycles. The number of aromatic nitrogens is 1. The van der Waals surface area contributed by atoms with Crippen LogP contribution in [0.2, 0.25) is 5.02 Å². The van der Waals surface area contributed by atoms with E-state index in [1.807, 2.05) is 55.6 Å². The molecule has 0 spiro atoms. The van der Waals surface area contributed by atoms with E-state index in [9.17, 15) is 9.59 Å². The van der Waals surface area contributed by atoms with Gasteiger partial charge in [0.2, 0.25) is 5.91 Å². The molecule has 3 rings (SSSR count). The predicted molar refractivity (Wildman–Crippen MR) is 103 cm³/mol. The molecule has 3 N–H and O–H groups in total. The fourth-order valence-electron chi connectivity index (χ4n) is 3.04.